The van der Waals surface area contributed by atoms with Crippen LogP contribution in [0.4, 0.5) is 0 Å². The van der Waals surface area contributed by atoms with Crippen molar-refractivity contribution < 1.29 is 14.3 Å². The molecule has 0 atom stereocenters. The molecular formula is C24H24N2O3. The summed E-state index contributed by atoms with van der Waals surface area (Å²) in [7, 11) is 0. The van der Waals surface area contributed by atoms with E-state index in [0.29, 0.717) is 24.5 Å². The molecule has 0 radical (unpaired) electrons. The highest BCUT2D eigenvalue weighted by Gasteiger charge is 2.17. The van der Waals surface area contributed by atoms with Crippen LogP contribution >= 0.6 is 0 Å². The Balaban J connectivity index is 1.73. The minimum absolute atomic E-state index is 0.114. The summed E-state index contributed by atoms with van der Waals surface area (Å²) in [5, 5.41) is 0. The normalized spacial score (nSPS) is 10.3. The van der Waals surface area contributed by atoms with Crippen LogP contribution < -0.4 is 10.5 Å². The molecule has 0 aromatic heterocycles. The van der Waals surface area contributed by atoms with Gasteiger partial charge in [-0.15, -0.1) is 0 Å². The van der Waals surface area contributed by atoms with Crippen LogP contribution in [0.25, 0.3) is 0 Å². The lowest BCUT2D eigenvalue weighted by Crippen LogP contribution is -2.33. The molecule has 2 N–H and O–H groups in total. The van der Waals surface area contributed by atoms with E-state index in [1.807, 2.05) is 66.7 Å². The Morgan fingerprint density at radius 2 is 1.48 bits per heavy atom. The maximum atomic E-state index is 13.1. The van der Waals surface area contributed by atoms with Crippen molar-refractivity contribution in [1.82, 2.24) is 4.90 Å². The molecule has 0 spiro atoms. The Kier molecular flexibility index (Phi) is 7.00. The monoisotopic (exact) mass is 388 g/mol. The summed E-state index contributed by atoms with van der Waals surface area (Å²) in [6, 6.07) is 26.6. The van der Waals surface area contributed by atoms with Crippen molar-refractivity contribution in [3.8, 4) is 5.75 Å². The van der Waals surface area contributed by atoms with Gasteiger partial charge in [0.05, 0.1) is 0 Å². The molecule has 0 unspecified atom stereocenters. The van der Waals surface area contributed by atoms with Crippen molar-refractivity contribution >= 4 is 11.8 Å². The van der Waals surface area contributed by atoms with Crippen LogP contribution in [0.1, 0.15) is 27.9 Å². The minimum atomic E-state index is -0.434. The molecule has 0 saturated carbocycles. The Hall–Kier alpha value is -3.60. The highest BCUT2D eigenvalue weighted by Crippen LogP contribution is 2.18. The summed E-state index contributed by atoms with van der Waals surface area (Å²) in [6.45, 7) is 1.09. The summed E-state index contributed by atoms with van der Waals surface area (Å²) >= 11 is 0. The number of carbonyl (C=O) groups is 2. The molecule has 148 valence electrons. The van der Waals surface area contributed by atoms with Crippen molar-refractivity contribution in [3.05, 3.63) is 102 Å². The summed E-state index contributed by atoms with van der Waals surface area (Å²) < 4.78 is 5.83. The van der Waals surface area contributed by atoms with Gasteiger partial charge in [-0.1, -0.05) is 66.7 Å². The molecule has 0 heterocycles. The number of primary amides is 1. The predicted octanol–water partition coefficient (Wildman–Crippen LogP) is 3.78. The SMILES string of the molecule is NC(=O)CCN(Cc1ccccc1)C(=O)c1cccc(OCc2ccccc2)c1. The zero-order valence-electron chi connectivity index (χ0n) is 16.2. The first kappa shape index (κ1) is 20.1. The second kappa shape index (κ2) is 10.1. The summed E-state index contributed by atoms with van der Waals surface area (Å²) in [6.07, 6.45) is 0.114. The fraction of sp³-hybridized carbons (Fsp3) is 0.167. The average molecular weight is 388 g/mol. The van der Waals surface area contributed by atoms with Gasteiger partial charge in [-0.2, -0.15) is 0 Å². The zero-order chi connectivity index (χ0) is 20.5. The van der Waals surface area contributed by atoms with Gasteiger partial charge in [0.2, 0.25) is 5.91 Å². The number of amides is 2. The van der Waals surface area contributed by atoms with Crippen molar-refractivity contribution in [2.24, 2.45) is 5.73 Å². The van der Waals surface area contributed by atoms with E-state index in [-0.39, 0.29) is 18.9 Å². The lowest BCUT2D eigenvalue weighted by atomic mass is 10.1. The second-order valence-corrected chi connectivity index (χ2v) is 6.73. The molecule has 0 aliphatic rings. The third-order valence-corrected chi connectivity index (χ3v) is 4.46. The quantitative estimate of drug-likeness (QED) is 0.606. The van der Waals surface area contributed by atoms with Crippen LogP contribution in [-0.4, -0.2) is 23.3 Å². The molecule has 0 saturated heterocycles. The highest BCUT2D eigenvalue weighted by molar-refractivity contribution is 5.94. The lowest BCUT2D eigenvalue weighted by Gasteiger charge is -2.23. The Bertz CT molecular complexity index is 943. The van der Waals surface area contributed by atoms with E-state index < -0.39 is 5.91 Å². The van der Waals surface area contributed by atoms with Gasteiger partial charge in [-0.25, -0.2) is 0 Å². The van der Waals surface area contributed by atoms with Gasteiger partial charge in [0.25, 0.3) is 5.91 Å². The van der Waals surface area contributed by atoms with Crippen molar-refractivity contribution in [3.63, 3.8) is 0 Å². The molecule has 0 bridgehead atoms. The van der Waals surface area contributed by atoms with E-state index in [4.69, 9.17) is 10.5 Å². The number of nitrogens with zero attached hydrogens (tertiary/aromatic N) is 1. The molecular weight excluding hydrogens is 364 g/mol. The third-order valence-electron chi connectivity index (χ3n) is 4.46. The molecule has 2 amide bonds. The van der Waals surface area contributed by atoms with Gasteiger partial charge >= 0.3 is 0 Å². The number of hydrogen-bond acceptors (Lipinski definition) is 3. The zero-order valence-corrected chi connectivity index (χ0v) is 16.2. The molecule has 5 heteroatoms. The molecule has 5 nitrogen and oxygen atoms in total. The van der Waals surface area contributed by atoms with Gasteiger partial charge in [0.15, 0.2) is 0 Å². The van der Waals surface area contributed by atoms with Crippen LogP contribution in [0.15, 0.2) is 84.9 Å². The number of ether oxygens (including phenoxy) is 1. The predicted molar refractivity (Wildman–Crippen MR) is 112 cm³/mol. The van der Waals surface area contributed by atoms with E-state index in [0.717, 1.165) is 11.1 Å². The summed E-state index contributed by atoms with van der Waals surface area (Å²) in [4.78, 5) is 26.0. The van der Waals surface area contributed by atoms with Gasteiger partial charge in [-0.05, 0) is 29.3 Å². The van der Waals surface area contributed by atoms with Gasteiger partial charge in [0.1, 0.15) is 12.4 Å². The largest absolute Gasteiger partial charge is 0.489 e. The Morgan fingerprint density at radius 1 is 0.828 bits per heavy atom. The van der Waals surface area contributed by atoms with Crippen LogP contribution in [0, 0.1) is 0 Å². The van der Waals surface area contributed by atoms with Crippen LogP contribution in [-0.2, 0) is 17.9 Å². The van der Waals surface area contributed by atoms with Crippen molar-refractivity contribution in [1.29, 1.82) is 0 Å². The highest BCUT2D eigenvalue weighted by atomic mass is 16.5. The number of carbonyl (C=O) groups excluding carboxylic acids is 2. The fourth-order valence-corrected chi connectivity index (χ4v) is 2.94. The molecule has 3 aromatic rings. The maximum Gasteiger partial charge on any atom is 0.254 e. The first-order valence-corrected chi connectivity index (χ1v) is 9.50. The van der Waals surface area contributed by atoms with E-state index in [9.17, 15) is 9.59 Å². The molecule has 0 fully saturated rings. The summed E-state index contributed by atoms with van der Waals surface area (Å²) in [5.74, 6) is 0.0188. The molecule has 0 aliphatic carbocycles. The Morgan fingerprint density at radius 3 is 2.14 bits per heavy atom. The van der Waals surface area contributed by atoms with Crippen molar-refractivity contribution in [2.45, 2.75) is 19.6 Å². The van der Waals surface area contributed by atoms with E-state index in [2.05, 4.69) is 0 Å². The first-order chi connectivity index (χ1) is 14.1. The smallest absolute Gasteiger partial charge is 0.254 e. The molecule has 29 heavy (non-hydrogen) atoms. The molecule has 3 aromatic carbocycles. The van der Waals surface area contributed by atoms with Crippen LogP contribution in [0.2, 0.25) is 0 Å². The topological polar surface area (TPSA) is 72.6 Å². The fourth-order valence-electron chi connectivity index (χ4n) is 2.94. The van der Waals surface area contributed by atoms with E-state index in [1.54, 1.807) is 23.1 Å². The number of hydrogen-bond donors (Lipinski definition) is 1. The van der Waals surface area contributed by atoms with Gasteiger partial charge < -0.3 is 15.4 Å². The van der Waals surface area contributed by atoms with Gasteiger partial charge in [-0.3, -0.25) is 9.59 Å². The third kappa shape index (κ3) is 6.21. The lowest BCUT2D eigenvalue weighted by molar-refractivity contribution is -0.118. The van der Waals surface area contributed by atoms with Crippen molar-refractivity contribution in [2.75, 3.05) is 6.54 Å². The molecule has 0 aliphatic heterocycles. The van der Waals surface area contributed by atoms with Gasteiger partial charge in [0, 0.05) is 25.1 Å². The Labute approximate surface area is 170 Å². The molecule has 3 rings (SSSR count). The van der Waals surface area contributed by atoms with E-state index >= 15 is 0 Å². The average Bonchev–Trinajstić information content (AvgIpc) is 2.76. The van der Waals surface area contributed by atoms with E-state index in [1.165, 1.54) is 0 Å². The number of nitrogens with two attached hydrogens (primary N) is 1. The first-order valence-electron chi connectivity index (χ1n) is 9.50. The van der Waals surface area contributed by atoms with Crippen LogP contribution in [0.5, 0.6) is 5.75 Å². The minimum Gasteiger partial charge on any atom is -0.489 e. The maximum absolute atomic E-state index is 13.1. The standard InChI is InChI=1S/C24H24N2O3/c25-23(27)14-15-26(17-19-8-3-1-4-9-19)24(28)21-12-7-13-22(16-21)29-18-20-10-5-2-6-11-20/h1-13,16H,14-15,17-18H2,(H2,25,27). The summed E-state index contributed by atoms with van der Waals surface area (Å²) in [5.41, 5.74) is 7.85. The van der Waals surface area contributed by atoms with Crippen LogP contribution in [0.3, 0.4) is 0 Å². The number of benzene rings is 3. The number of rotatable bonds is 9. The second-order valence-electron chi connectivity index (χ2n) is 6.73.